The second-order valence-corrected chi connectivity index (χ2v) is 6.39. The molecule has 3 heterocycles. The average Bonchev–Trinajstić information content (AvgIpc) is 3.16. The van der Waals surface area contributed by atoms with E-state index in [9.17, 15) is 4.79 Å². The van der Waals surface area contributed by atoms with E-state index < -0.39 is 0 Å². The number of ether oxygens (including phenoxy) is 2. The highest BCUT2D eigenvalue weighted by Crippen LogP contribution is 2.35. The number of piperidine rings is 1. The van der Waals surface area contributed by atoms with E-state index in [0.29, 0.717) is 29.5 Å². The van der Waals surface area contributed by atoms with Crippen LogP contribution < -0.4 is 19.7 Å². The van der Waals surface area contributed by atoms with Crippen molar-refractivity contribution in [3.05, 3.63) is 48.3 Å². The third-order valence-corrected chi connectivity index (χ3v) is 4.83. The van der Waals surface area contributed by atoms with E-state index in [1.807, 2.05) is 36.7 Å². The quantitative estimate of drug-likeness (QED) is 0.927. The number of benzene rings is 1. The molecule has 1 N–H and O–H groups in total. The van der Waals surface area contributed by atoms with Crippen LogP contribution >= 0.6 is 0 Å². The Labute approximate surface area is 146 Å². The number of aromatic nitrogens is 1. The highest BCUT2D eigenvalue weighted by molar-refractivity contribution is 5.97. The second kappa shape index (κ2) is 7.01. The van der Waals surface area contributed by atoms with Crippen molar-refractivity contribution in [3.8, 4) is 11.5 Å². The third kappa shape index (κ3) is 3.38. The maximum Gasteiger partial charge on any atom is 0.255 e. The van der Waals surface area contributed by atoms with Crippen molar-refractivity contribution in [1.29, 1.82) is 0 Å². The molecule has 0 unspecified atom stereocenters. The monoisotopic (exact) mass is 339 g/mol. The van der Waals surface area contributed by atoms with Gasteiger partial charge in [-0.15, -0.1) is 0 Å². The molecule has 1 saturated heterocycles. The van der Waals surface area contributed by atoms with Gasteiger partial charge in [0.1, 0.15) is 0 Å². The zero-order chi connectivity index (χ0) is 17.1. The zero-order valence-electron chi connectivity index (χ0n) is 14.0. The number of anilines is 1. The summed E-state index contributed by atoms with van der Waals surface area (Å²) in [6, 6.07) is 9.48. The normalized spacial score (nSPS) is 16.7. The van der Waals surface area contributed by atoms with Crippen LogP contribution in [0.2, 0.25) is 0 Å². The van der Waals surface area contributed by atoms with Crippen LogP contribution in [0.3, 0.4) is 0 Å². The zero-order valence-corrected chi connectivity index (χ0v) is 14.0. The van der Waals surface area contributed by atoms with Crippen LogP contribution in [0.15, 0.2) is 42.7 Å². The minimum Gasteiger partial charge on any atom is -0.454 e. The topological polar surface area (TPSA) is 63.7 Å². The molecule has 1 fully saturated rings. The van der Waals surface area contributed by atoms with Crippen LogP contribution in [0.25, 0.3) is 0 Å². The molecule has 6 nitrogen and oxygen atoms in total. The van der Waals surface area contributed by atoms with Crippen LogP contribution in [0.4, 0.5) is 5.69 Å². The molecule has 2 aromatic rings. The second-order valence-electron chi connectivity index (χ2n) is 6.39. The number of amides is 1. The first kappa shape index (κ1) is 15.7. The summed E-state index contributed by atoms with van der Waals surface area (Å²) in [5, 5.41) is 3.05. The van der Waals surface area contributed by atoms with Gasteiger partial charge in [0.2, 0.25) is 6.79 Å². The minimum absolute atomic E-state index is 0.0982. The Morgan fingerprint density at radius 1 is 1.16 bits per heavy atom. The molecule has 6 heteroatoms. The Hall–Kier alpha value is -2.76. The smallest absolute Gasteiger partial charge is 0.255 e. The van der Waals surface area contributed by atoms with Crippen LogP contribution in [-0.2, 0) is 0 Å². The molecule has 130 valence electrons. The molecule has 0 bridgehead atoms. The molecule has 0 saturated carbocycles. The molecule has 25 heavy (non-hydrogen) atoms. The molecule has 4 rings (SSSR count). The first-order valence-corrected chi connectivity index (χ1v) is 8.63. The van der Waals surface area contributed by atoms with Gasteiger partial charge < -0.3 is 19.7 Å². The maximum atomic E-state index is 12.5. The largest absolute Gasteiger partial charge is 0.454 e. The number of nitrogens with zero attached hydrogens (tertiary/aromatic N) is 2. The molecule has 1 aromatic carbocycles. The summed E-state index contributed by atoms with van der Waals surface area (Å²) in [5.41, 5.74) is 1.76. The number of carbonyl (C=O) groups excluding carboxylic acids is 1. The highest BCUT2D eigenvalue weighted by Gasteiger charge is 2.24. The fourth-order valence-electron chi connectivity index (χ4n) is 3.39. The van der Waals surface area contributed by atoms with Gasteiger partial charge >= 0.3 is 0 Å². The number of nitrogens with one attached hydrogen (secondary N) is 1. The number of carbonyl (C=O) groups is 1. The fraction of sp³-hybridized carbons (Fsp3) is 0.368. The molecule has 2 aliphatic rings. The standard InChI is InChI=1S/C19H21N3O3/c23-19(16-2-1-3-17-18(16)25-13-24-17)21-12-14-6-10-22(11-7-14)15-4-8-20-9-5-15/h1-5,8-9,14H,6-7,10-13H2,(H,21,23). The van der Waals surface area contributed by atoms with E-state index in [-0.39, 0.29) is 12.7 Å². The van der Waals surface area contributed by atoms with Crippen LogP contribution in [-0.4, -0.2) is 37.3 Å². The van der Waals surface area contributed by atoms with Gasteiger partial charge in [0, 0.05) is 37.7 Å². The molecule has 0 radical (unpaired) electrons. The summed E-state index contributed by atoms with van der Waals surface area (Å²) in [7, 11) is 0. The number of rotatable bonds is 4. The van der Waals surface area contributed by atoms with E-state index in [4.69, 9.17) is 9.47 Å². The van der Waals surface area contributed by atoms with Crippen molar-refractivity contribution >= 4 is 11.6 Å². The third-order valence-electron chi connectivity index (χ3n) is 4.83. The molecule has 1 aromatic heterocycles. The lowest BCUT2D eigenvalue weighted by atomic mass is 9.96. The molecule has 0 spiro atoms. The van der Waals surface area contributed by atoms with Crippen LogP contribution in [0, 0.1) is 5.92 Å². The highest BCUT2D eigenvalue weighted by atomic mass is 16.7. The summed E-state index contributed by atoms with van der Waals surface area (Å²) in [5.74, 6) is 1.58. The Balaban J connectivity index is 1.30. The van der Waals surface area contributed by atoms with E-state index in [2.05, 4.69) is 15.2 Å². The van der Waals surface area contributed by atoms with Crippen LogP contribution in [0.1, 0.15) is 23.2 Å². The number of fused-ring (bicyclic) bond motifs is 1. The van der Waals surface area contributed by atoms with Crippen molar-refractivity contribution in [2.75, 3.05) is 31.3 Å². The van der Waals surface area contributed by atoms with Crippen molar-refractivity contribution in [1.82, 2.24) is 10.3 Å². The average molecular weight is 339 g/mol. The maximum absolute atomic E-state index is 12.5. The molecular formula is C19H21N3O3. The fourth-order valence-corrected chi connectivity index (χ4v) is 3.39. The van der Waals surface area contributed by atoms with Gasteiger partial charge in [0.15, 0.2) is 11.5 Å². The first-order valence-electron chi connectivity index (χ1n) is 8.63. The van der Waals surface area contributed by atoms with E-state index in [0.717, 1.165) is 25.9 Å². The number of hydrogen-bond donors (Lipinski definition) is 1. The predicted octanol–water partition coefficient (Wildman–Crippen LogP) is 2.46. The summed E-state index contributed by atoms with van der Waals surface area (Å²) in [6.45, 7) is 2.87. The SMILES string of the molecule is O=C(NCC1CCN(c2ccncc2)CC1)c1cccc2c1OCO2. The summed E-state index contributed by atoms with van der Waals surface area (Å²) in [4.78, 5) is 18.9. The van der Waals surface area contributed by atoms with Gasteiger partial charge in [-0.2, -0.15) is 0 Å². The minimum atomic E-state index is -0.0982. The van der Waals surface area contributed by atoms with Crippen molar-refractivity contribution < 1.29 is 14.3 Å². The molecule has 1 amide bonds. The van der Waals surface area contributed by atoms with Crippen molar-refractivity contribution in [3.63, 3.8) is 0 Å². The molecule has 0 aliphatic carbocycles. The summed E-state index contributed by atoms with van der Waals surface area (Å²) < 4.78 is 10.7. The van der Waals surface area contributed by atoms with Gasteiger partial charge in [-0.3, -0.25) is 9.78 Å². The Morgan fingerprint density at radius 3 is 2.76 bits per heavy atom. The first-order chi connectivity index (χ1) is 12.3. The lowest BCUT2D eigenvalue weighted by molar-refractivity contribution is 0.0940. The Bertz CT molecular complexity index is 743. The van der Waals surface area contributed by atoms with Crippen molar-refractivity contribution in [2.45, 2.75) is 12.8 Å². The van der Waals surface area contributed by atoms with Gasteiger partial charge in [-0.25, -0.2) is 0 Å². The van der Waals surface area contributed by atoms with Gasteiger partial charge in [-0.05, 0) is 43.0 Å². The summed E-state index contributed by atoms with van der Waals surface area (Å²) in [6.07, 6.45) is 5.78. The Kier molecular flexibility index (Phi) is 4.41. The summed E-state index contributed by atoms with van der Waals surface area (Å²) >= 11 is 0. The van der Waals surface area contributed by atoms with E-state index in [1.165, 1.54) is 5.69 Å². The lowest BCUT2D eigenvalue weighted by Gasteiger charge is -2.33. The number of hydrogen-bond acceptors (Lipinski definition) is 5. The van der Waals surface area contributed by atoms with Crippen LogP contribution in [0.5, 0.6) is 11.5 Å². The molecule has 2 aliphatic heterocycles. The number of para-hydroxylation sites is 1. The van der Waals surface area contributed by atoms with Gasteiger partial charge in [0.25, 0.3) is 5.91 Å². The predicted molar refractivity (Wildman–Crippen MR) is 94.1 cm³/mol. The Morgan fingerprint density at radius 2 is 1.96 bits per heavy atom. The van der Waals surface area contributed by atoms with Gasteiger partial charge in [0.05, 0.1) is 5.56 Å². The van der Waals surface area contributed by atoms with E-state index in [1.54, 1.807) is 6.07 Å². The molecule has 0 atom stereocenters. The number of pyridine rings is 1. The van der Waals surface area contributed by atoms with Gasteiger partial charge in [-0.1, -0.05) is 6.07 Å². The van der Waals surface area contributed by atoms with E-state index >= 15 is 0 Å². The molecular weight excluding hydrogens is 318 g/mol. The van der Waals surface area contributed by atoms with Crippen molar-refractivity contribution in [2.24, 2.45) is 5.92 Å². The lowest BCUT2D eigenvalue weighted by Crippen LogP contribution is -2.38.